The highest BCUT2D eigenvalue weighted by Gasteiger charge is 2.39. The second-order valence-corrected chi connectivity index (χ2v) is 5.18. The predicted molar refractivity (Wildman–Crippen MR) is 75.7 cm³/mol. The van der Waals surface area contributed by atoms with E-state index < -0.39 is 23.9 Å². The summed E-state index contributed by atoms with van der Waals surface area (Å²) in [5.74, 6) is -3.62. The van der Waals surface area contributed by atoms with Crippen LogP contribution in [0.25, 0.3) is 11.1 Å². The number of benzene rings is 1. The Kier molecular flexibility index (Phi) is 4.69. The number of rotatable bonds is 3. The summed E-state index contributed by atoms with van der Waals surface area (Å²) in [5.41, 5.74) is 0.414. The molecule has 23 heavy (non-hydrogen) atoms. The number of thiophene rings is 1. The Balaban J connectivity index is 2.47. The summed E-state index contributed by atoms with van der Waals surface area (Å²) in [5, 5.41) is 2.73. The van der Waals surface area contributed by atoms with Gasteiger partial charge in [-0.15, -0.1) is 11.3 Å². The number of carbonyl (C=O) groups is 2. The second-order valence-electron chi connectivity index (χ2n) is 4.30. The van der Waals surface area contributed by atoms with Gasteiger partial charge in [0.05, 0.1) is 7.11 Å². The van der Waals surface area contributed by atoms with Crippen molar-refractivity contribution in [1.82, 2.24) is 0 Å². The number of nitrogens with one attached hydrogen (secondary N) is 1. The number of amides is 1. The molecule has 1 heterocycles. The van der Waals surface area contributed by atoms with E-state index in [0.29, 0.717) is 5.56 Å². The van der Waals surface area contributed by atoms with Gasteiger partial charge in [0, 0.05) is 10.9 Å². The topological polar surface area (TPSA) is 55.4 Å². The average Bonchev–Trinajstić information content (AvgIpc) is 2.90. The first-order valence-corrected chi connectivity index (χ1v) is 6.96. The molecule has 9 heteroatoms. The lowest BCUT2D eigenvalue weighted by atomic mass is 10.0. The summed E-state index contributed by atoms with van der Waals surface area (Å²) in [7, 11) is 1.06. The lowest BCUT2D eigenvalue weighted by Gasteiger charge is -2.09. The molecule has 0 radical (unpaired) electrons. The third-order valence-electron chi connectivity index (χ3n) is 2.82. The van der Waals surface area contributed by atoms with Gasteiger partial charge in [-0.3, -0.25) is 4.79 Å². The van der Waals surface area contributed by atoms with Crippen LogP contribution in [0.2, 0.25) is 0 Å². The Labute approximate surface area is 131 Å². The fourth-order valence-corrected chi connectivity index (χ4v) is 2.72. The third kappa shape index (κ3) is 3.67. The number of methoxy groups -OCH3 is 1. The molecule has 0 aliphatic heterocycles. The monoisotopic (exact) mass is 347 g/mol. The highest BCUT2D eigenvalue weighted by Crippen LogP contribution is 2.37. The Hall–Kier alpha value is -2.42. The minimum Gasteiger partial charge on any atom is -0.465 e. The van der Waals surface area contributed by atoms with Gasteiger partial charge in [0.2, 0.25) is 0 Å². The third-order valence-corrected chi connectivity index (χ3v) is 3.72. The molecule has 0 saturated heterocycles. The first-order chi connectivity index (χ1) is 10.7. The summed E-state index contributed by atoms with van der Waals surface area (Å²) in [6, 6.07) is 5.00. The van der Waals surface area contributed by atoms with Crippen LogP contribution in [0.3, 0.4) is 0 Å². The van der Waals surface area contributed by atoms with Gasteiger partial charge >= 0.3 is 18.1 Å². The number of hydrogen-bond acceptors (Lipinski definition) is 4. The molecule has 122 valence electrons. The Bertz CT molecular complexity index is 737. The van der Waals surface area contributed by atoms with Gasteiger partial charge in [-0.2, -0.15) is 13.2 Å². The maximum atomic E-state index is 13.0. The molecule has 0 spiro atoms. The van der Waals surface area contributed by atoms with Gasteiger partial charge in [-0.1, -0.05) is 12.1 Å². The van der Waals surface area contributed by atoms with E-state index in [-0.39, 0.29) is 16.1 Å². The van der Waals surface area contributed by atoms with Crippen LogP contribution in [0.4, 0.5) is 22.6 Å². The van der Waals surface area contributed by atoms with Gasteiger partial charge in [-0.25, -0.2) is 9.18 Å². The molecule has 0 aliphatic carbocycles. The summed E-state index contributed by atoms with van der Waals surface area (Å²) in [6.07, 6.45) is -5.09. The van der Waals surface area contributed by atoms with Gasteiger partial charge in [0.15, 0.2) is 0 Å². The molecule has 4 nitrogen and oxygen atoms in total. The molecule has 0 unspecified atom stereocenters. The molecule has 1 aromatic heterocycles. The lowest BCUT2D eigenvalue weighted by molar-refractivity contribution is -0.167. The maximum Gasteiger partial charge on any atom is 0.471 e. The zero-order valence-electron chi connectivity index (χ0n) is 11.5. The molecule has 2 aromatic rings. The summed E-state index contributed by atoms with van der Waals surface area (Å²) < 4.78 is 54.6. The van der Waals surface area contributed by atoms with Crippen LogP contribution in [0.15, 0.2) is 29.6 Å². The molecule has 0 bridgehead atoms. The van der Waals surface area contributed by atoms with Crippen LogP contribution < -0.4 is 5.32 Å². The van der Waals surface area contributed by atoms with Crippen molar-refractivity contribution in [3.8, 4) is 11.1 Å². The molecular weight excluding hydrogens is 338 g/mol. The molecule has 0 saturated carbocycles. The molecule has 0 aliphatic rings. The zero-order chi connectivity index (χ0) is 17.2. The lowest BCUT2D eigenvalue weighted by Crippen LogP contribution is -2.30. The van der Waals surface area contributed by atoms with Crippen LogP contribution in [0, 0.1) is 5.82 Å². The average molecular weight is 347 g/mol. The van der Waals surface area contributed by atoms with Gasteiger partial charge < -0.3 is 10.1 Å². The van der Waals surface area contributed by atoms with Gasteiger partial charge in [0.1, 0.15) is 16.4 Å². The Morgan fingerprint density at radius 2 is 1.78 bits per heavy atom. The minimum atomic E-state index is -5.09. The van der Waals surface area contributed by atoms with E-state index in [0.717, 1.165) is 30.6 Å². The molecule has 0 fully saturated rings. The van der Waals surface area contributed by atoms with Crippen LogP contribution in [-0.4, -0.2) is 25.2 Å². The molecule has 1 aromatic carbocycles. The molecule has 0 atom stereocenters. The highest BCUT2D eigenvalue weighted by molar-refractivity contribution is 7.15. The fourth-order valence-electron chi connectivity index (χ4n) is 1.77. The Morgan fingerprint density at radius 3 is 2.30 bits per heavy atom. The van der Waals surface area contributed by atoms with Crippen molar-refractivity contribution in [2.24, 2.45) is 0 Å². The first-order valence-electron chi connectivity index (χ1n) is 6.08. The van der Waals surface area contributed by atoms with Gasteiger partial charge in [-0.05, 0) is 17.7 Å². The first kappa shape index (κ1) is 16.9. The van der Waals surface area contributed by atoms with Crippen molar-refractivity contribution in [2.75, 3.05) is 12.4 Å². The van der Waals surface area contributed by atoms with Crippen molar-refractivity contribution < 1.29 is 31.9 Å². The minimum absolute atomic E-state index is 0.221. The van der Waals surface area contributed by atoms with E-state index in [1.54, 1.807) is 5.32 Å². The summed E-state index contributed by atoms with van der Waals surface area (Å²) >= 11 is 0.737. The van der Waals surface area contributed by atoms with E-state index >= 15 is 0 Å². The van der Waals surface area contributed by atoms with E-state index in [2.05, 4.69) is 4.74 Å². The number of carbonyl (C=O) groups excluding carboxylic acids is 2. The van der Waals surface area contributed by atoms with Gasteiger partial charge in [0.25, 0.3) is 0 Å². The molecular formula is C14H9F4NO3S. The van der Waals surface area contributed by atoms with Crippen LogP contribution in [-0.2, 0) is 9.53 Å². The quantitative estimate of drug-likeness (QED) is 0.678. The zero-order valence-corrected chi connectivity index (χ0v) is 12.3. The number of ether oxygens (including phenoxy) is 1. The standard InChI is InChI=1S/C14H9F4NO3S/c1-22-12(20)10-9(7-2-4-8(15)5-3-7)6-23-11(10)19-13(21)14(16,17)18/h2-6H,1H3,(H,19,21). The summed E-state index contributed by atoms with van der Waals surface area (Å²) in [6.45, 7) is 0. The number of esters is 1. The molecule has 1 amide bonds. The normalized spacial score (nSPS) is 11.2. The van der Waals surface area contributed by atoms with Crippen molar-refractivity contribution in [1.29, 1.82) is 0 Å². The maximum absolute atomic E-state index is 13.0. The predicted octanol–water partition coefficient (Wildman–Crippen LogP) is 3.84. The van der Waals surface area contributed by atoms with Crippen molar-refractivity contribution in [3.05, 3.63) is 41.0 Å². The smallest absolute Gasteiger partial charge is 0.465 e. The van der Waals surface area contributed by atoms with E-state index in [1.807, 2.05) is 0 Å². The number of hydrogen-bond donors (Lipinski definition) is 1. The SMILES string of the molecule is COC(=O)c1c(-c2ccc(F)cc2)csc1NC(=O)C(F)(F)F. The van der Waals surface area contributed by atoms with E-state index in [1.165, 1.54) is 17.5 Å². The van der Waals surface area contributed by atoms with E-state index in [4.69, 9.17) is 0 Å². The molecule has 1 N–H and O–H groups in total. The second kappa shape index (κ2) is 6.37. The molecule has 2 rings (SSSR count). The van der Waals surface area contributed by atoms with Crippen molar-refractivity contribution in [2.45, 2.75) is 6.18 Å². The summed E-state index contributed by atoms with van der Waals surface area (Å²) in [4.78, 5) is 22.9. The van der Waals surface area contributed by atoms with Crippen molar-refractivity contribution in [3.63, 3.8) is 0 Å². The van der Waals surface area contributed by atoms with Crippen LogP contribution in [0.1, 0.15) is 10.4 Å². The Morgan fingerprint density at radius 1 is 1.17 bits per heavy atom. The largest absolute Gasteiger partial charge is 0.471 e. The van der Waals surface area contributed by atoms with Crippen LogP contribution >= 0.6 is 11.3 Å². The van der Waals surface area contributed by atoms with Crippen molar-refractivity contribution >= 4 is 28.2 Å². The van der Waals surface area contributed by atoms with Crippen LogP contribution in [0.5, 0.6) is 0 Å². The fraction of sp³-hybridized carbons (Fsp3) is 0.143. The number of alkyl halides is 3. The van der Waals surface area contributed by atoms with E-state index in [9.17, 15) is 27.2 Å². The number of halogens is 4. The highest BCUT2D eigenvalue weighted by atomic mass is 32.1. The number of anilines is 1.